The summed E-state index contributed by atoms with van der Waals surface area (Å²) in [6.45, 7) is 2.01. The molecule has 2 aromatic carbocycles. The summed E-state index contributed by atoms with van der Waals surface area (Å²) in [5.74, 6) is -0.275. The molecule has 11 nitrogen and oxygen atoms in total. The Hall–Kier alpha value is -3.48. The van der Waals surface area contributed by atoms with Crippen molar-refractivity contribution in [3.63, 3.8) is 0 Å². The molecule has 0 bridgehead atoms. The molecular weight excluding hydrogens is 516 g/mol. The second-order valence-corrected chi connectivity index (χ2v) is 12.7. The summed E-state index contributed by atoms with van der Waals surface area (Å²) in [7, 11) is 0.278. The highest BCUT2D eigenvalue weighted by atomic mass is 32.2. The lowest BCUT2D eigenvalue weighted by atomic mass is 10.0. The van der Waals surface area contributed by atoms with Crippen molar-refractivity contribution in [2.75, 3.05) is 29.6 Å². The van der Waals surface area contributed by atoms with Crippen molar-refractivity contribution in [3.8, 4) is 0 Å². The van der Waals surface area contributed by atoms with Gasteiger partial charge in [0.1, 0.15) is 5.52 Å². The van der Waals surface area contributed by atoms with Gasteiger partial charge in [0, 0.05) is 80.4 Å². The highest BCUT2D eigenvalue weighted by Gasteiger charge is 2.28. The predicted molar refractivity (Wildman–Crippen MR) is 152 cm³/mol. The van der Waals surface area contributed by atoms with E-state index in [0.717, 1.165) is 54.7 Å². The van der Waals surface area contributed by atoms with Crippen molar-refractivity contribution in [1.29, 1.82) is 0 Å². The van der Waals surface area contributed by atoms with Gasteiger partial charge in [0.05, 0.1) is 17.3 Å². The van der Waals surface area contributed by atoms with E-state index in [4.69, 9.17) is 0 Å². The highest BCUT2D eigenvalue weighted by Crippen LogP contribution is 2.32. The minimum Gasteiger partial charge on any atom is -0.371 e. The number of aromatic nitrogens is 4. The van der Waals surface area contributed by atoms with Crippen LogP contribution >= 0.6 is 0 Å². The van der Waals surface area contributed by atoms with Gasteiger partial charge in [-0.3, -0.25) is 14.2 Å². The van der Waals surface area contributed by atoms with Crippen LogP contribution in [-0.4, -0.2) is 65.3 Å². The first-order chi connectivity index (χ1) is 18.6. The van der Waals surface area contributed by atoms with Gasteiger partial charge in [-0.1, -0.05) is 0 Å². The lowest BCUT2D eigenvalue weighted by Gasteiger charge is -2.34. The molecule has 1 saturated heterocycles. The number of amides is 1. The van der Waals surface area contributed by atoms with Crippen molar-refractivity contribution < 1.29 is 13.2 Å². The fourth-order valence-corrected chi connectivity index (χ4v) is 5.89. The van der Waals surface area contributed by atoms with E-state index < -0.39 is 10.0 Å². The number of carbonyl (C=O) groups is 1. The zero-order chi connectivity index (χ0) is 27.3. The monoisotopic (exact) mass is 550 g/mol. The summed E-state index contributed by atoms with van der Waals surface area (Å²) in [4.78, 5) is 15.9. The van der Waals surface area contributed by atoms with Crippen LogP contribution in [0.3, 0.4) is 0 Å². The number of piperidine rings is 1. The van der Waals surface area contributed by atoms with E-state index in [0.29, 0.717) is 33.9 Å². The number of aryl methyl sites for hydroxylation is 2. The Labute approximate surface area is 227 Å². The first-order valence-corrected chi connectivity index (χ1v) is 15.2. The molecule has 0 unspecified atom stereocenters. The first kappa shape index (κ1) is 25.8. The van der Waals surface area contributed by atoms with Crippen molar-refractivity contribution >= 4 is 49.1 Å². The minimum atomic E-state index is -3.39. The molecule has 0 atom stereocenters. The van der Waals surface area contributed by atoms with Gasteiger partial charge < -0.3 is 15.5 Å². The number of anilines is 2. The smallest absolute Gasteiger partial charge is 0.257 e. The second kappa shape index (κ2) is 9.92. The number of fused-ring (bicyclic) bond motifs is 2. The van der Waals surface area contributed by atoms with Gasteiger partial charge in [-0.2, -0.15) is 10.2 Å². The summed E-state index contributed by atoms with van der Waals surface area (Å²) in [6.07, 6.45) is 9.74. The number of nitrogens with zero attached hydrogens (tertiary/aromatic N) is 5. The third-order valence-electron chi connectivity index (χ3n) is 7.48. The molecule has 0 radical (unpaired) electrons. The molecular formula is C27H34N8O3S. The van der Waals surface area contributed by atoms with Gasteiger partial charge in [-0.15, -0.1) is 0 Å². The molecule has 1 saturated carbocycles. The van der Waals surface area contributed by atoms with Crippen molar-refractivity contribution in [1.82, 2.24) is 29.6 Å². The van der Waals surface area contributed by atoms with E-state index in [1.807, 2.05) is 37.6 Å². The molecule has 2 aliphatic rings. The van der Waals surface area contributed by atoms with Crippen molar-refractivity contribution in [3.05, 3.63) is 47.8 Å². The van der Waals surface area contributed by atoms with Crippen LogP contribution in [0.1, 0.15) is 41.6 Å². The standard InChI is InChI=1S/C27H34N8O3S/c1-33-15-18-13-21(12-17(25(18)31-33)14-28-39(3,37)38)30-27(36)22-6-7-24(23-16-34(2)32-26(22)23)35-10-8-20(9-11-35)29-19-4-5-19/h6-7,12-13,15-16,19-20,28-29H,4-5,8-11,14H2,1-3H3,(H,30,36). The number of benzene rings is 2. The molecule has 39 heavy (non-hydrogen) atoms. The summed E-state index contributed by atoms with van der Waals surface area (Å²) in [6, 6.07) is 8.78. The molecule has 3 heterocycles. The van der Waals surface area contributed by atoms with E-state index >= 15 is 0 Å². The maximum absolute atomic E-state index is 13.5. The number of rotatable bonds is 8. The Morgan fingerprint density at radius 1 is 0.974 bits per heavy atom. The van der Waals surface area contributed by atoms with E-state index in [1.54, 1.807) is 22.5 Å². The average Bonchev–Trinajstić information content (AvgIpc) is 3.47. The molecule has 6 rings (SSSR count). The van der Waals surface area contributed by atoms with Crippen LogP contribution in [0.15, 0.2) is 36.7 Å². The van der Waals surface area contributed by atoms with Gasteiger partial charge >= 0.3 is 0 Å². The Morgan fingerprint density at radius 2 is 1.67 bits per heavy atom. The van der Waals surface area contributed by atoms with Crippen LogP contribution in [0.5, 0.6) is 0 Å². The van der Waals surface area contributed by atoms with Gasteiger partial charge in [0.25, 0.3) is 5.91 Å². The third kappa shape index (κ3) is 5.63. The number of nitrogens with one attached hydrogen (secondary N) is 3. The molecule has 2 fully saturated rings. The zero-order valence-corrected chi connectivity index (χ0v) is 23.3. The van der Waals surface area contributed by atoms with Crippen LogP contribution in [0.25, 0.3) is 21.8 Å². The molecule has 4 aromatic rings. The number of sulfonamides is 1. The van der Waals surface area contributed by atoms with Gasteiger partial charge in [-0.05, 0) is 55.5 Å². The SMILES string of the molecule is Cn1cc2cc(NC(=O)c3ccc(N4CCC(NC5CC5)CC4)c4cn(C)nc34)cc(CNS(C)(=O)=O)c2n1. The highest BCUT2D eigenvalue weighted by molar-refractivity contribution is 7.88. The quantitative estimate of drug-likeness (QED) is 0.308. The largest absolute Gasteiger partial charge is 0.371 e. The van der Waals surface area contributed by atoms with Crippen LogP contribution in [0.4, 0.5) is 11.4 Å². The molecule has 12 heteroatoms. The summed E-state index contributed by atoms with van der Waals surface area (Å²) in [5.41, 5.74) is 4.16. The molecule has 1 aliphatic carbocycles. The number of hydrogen-bond acceptors (Lipinski definition) is 7. The fraction of sp³-hybridized carbons (Fsp3) is 0.444. The predicted octanol–water partition coefficient (Wildman–Crippen LogP) is 2.48. The second-order valence-electron chi connectivity index (χ2n) is 10.8. The van der Waals surface area contributed by atoms with E-state index in [9.17, 15) is 13.2 Å². The Bertz CT molecular complexity index is 1660. The maximum Gasteiger partial charge on any atom is 0.257 e. The third-order valence-corrected chi connectivity index (χ3v) is 8.15. The summed E-state index contributed by atoms with van der Waals surface area (Å²) >= 11 is 0. The van der Waals surface area contributed by atoms with Gasteiger partial charge in [0.15, 0.2) is 0 Å². The lowest BCUT2D eigenvalue weighted by Crippen LogP contribution is -2.43. The van der Waals surface area contributed by atoms with Crippen molar-refractivity contribution in [2.45, 2.75) is 44.3 Å². The van der Waals surface area contributed by atoms with Crippen molar-refractivity contribution in [2.24, 2.45) is 14.1 Å². The van der Waals surface area contributed by atoms with E-state index in [1.165, 1.54) is 12.8 Å². The van der Waals surface area contributed by atoms with Crippen LogP contribution in [0.2, 0.25) is 0 Å². The molecule has 2 aromatic heterocycles. The number of carbonyl (C=O) groups excluding carboxylic acids is 1. The molecule has 3 N–H and O–H groups in total. The number of hydrogen-bond donors (Lipinski definition) is 3. The van der Waals surface area contributed by atoms with Crippen LogP contribution in [-0.2, 0) is 30.7 Å². The minimum absolute atomic E-state index is 0.0715. The fourth-order valence-electron chi connectivity index (χ4n) is 5.48. The topological polar surface area (TPSA) is 126 Å². The zero-order valence-electron chi connectivity index (χ0n) is 22.4. The molecule has 206 valence electrons. The molecule has 1 amide bonds. The average molecular weight is 551 g/mol. The normalized spacial score (nSPS) is 16.8. The lowest BCUT2D eigenvalue weighted by molar-refractivity contribution is 0.102. The van der Waals surface area contributed by atoms with Crippen LogP contribution in [0, 0.1) is 0 Å². The van der Waals surface area contributed by atoms with Crippen LogP contribution < -0.4 is 20.3 Å². The maximum atomic E-state index is 13.5. The summed E-state index contributed by atoms with van der Waals surface area (Å²) < 4.78 is 29.3. The van der Waals surface area contributed by atoms with E-state index in [2.05, 4.69) is 30.5 Å². The molecule has 1 aliphatic heterocycles. The first-order valence-electron chi connectivity index (χ1n) is 13.3. The van der Waals surface area contributed by atoms with E-state index in [-0.39, 0.29) is 12.5 Å². The Balaban J connectivity index is 1.26. The molecule has 0 spiro atoms. The van der Waals surface area contributed by atoms with Gasteiger partial charge in [0.2, 0.25) is 10.0 Å². The Kier molecular flexibility index (Phi) is 6.56. The summed E-state index contributed by atoms with van der Waals surface area (Å²) in [5, 5.41) is 17.6. The van der Waals surface area contributed by atoms with Gasteiger partial charge in [-0.25, -0.2) is 13.1 Å². The Morgan fingerprint density at radius 3 is 2.38 bits per heavy atom.